The van der Waals surface area contributed by atoms with Crippen LogP contribution in [0, 0.1) is 5.41 Å². The number of rotatable bonds is 8. The molecule has 1 spiro atoms. The fraction of sp³-hybridized carbons (Fsp3) is 0.431. The number of imidazole rings is 1. The SMILES string of the molecule is CC(C)(C)OC(=O)N1CCC2(CC1)CCN(c1ncnc3ccccc13)CC2.CCc1nc2ccc(Cl)cn2c1C(=O)NCc1ccc(N2CCC(c3ccc(OC(F)(F)F)cc3)CC2)cc1. The summed E-state index contributed by atoms with van der Waals surface area (Å²) in [5, 5.41) is 4.66. The highest BCUT2D eigenvalue weighted by Gasteiger charge is 2.40. The van der Waals surface area contributed by atoms with Crippen LogP contribution in [0.25, 0.3) is 16.6 Å². The van der Waals surface area contributed by atoms with Gasteiger partial charge in [-0.3, -0.25) is 9.20 Å². The fourth-order valence-corrected chi connectivity index (χ4v) is 9.64. The molecule has 0 bridgehead atoms. The topological polar surface area (TPSA) is 117 Å². The van der Waals surface area contributed by atoms with Gasteiger partial charge in [0.2, 0.25) is 0 Å². The van der Waals surface area contributed by atoms with E-state index >= 15 is 0 Å². The standard InChI is InChI=1S/C29H28ClF3N4O2.C22H30N4O2/c1-2-25-27(37-18-22(30)7-12-26(37)35-25)28(38)34-17-19-3-8-23(9-4-19)36-15-13-21(14-16-36)20-5-10-24(11-6-20)39-29(31,32)33;1-21(2,3)28-20(27)26-14-10-22(11-15-26)8-12-25(13-9-22)19-17-6-4-5-7-18(17)23-16-24-19/h3-12,18,21H,2,13-17H2,1H3,(H,34,38);4-7,16H,8-15H2,1-3H3. The highest BCUT2D eigenvalue weighted by atomic mass is 35.5. The van der Waals surface area contributed by atoms with Gasteiger partial charge in [0.25, 0.3) is 5.91 Å². The number of hydrogen-bond acceptors (Lipinski definition) is 9. The first-order chi connectivity index (χ1) is 32.0. The molecule has 1 N–H and O–H groups in total. The first-order valence-corrected chi connectivity index (χ1v) is 23.5. The Hall–Kier alpha value is -6.09. The van der Waals surface area contributed by atoms with Crippen LogP contribution < -0.4 is 19.9 Å². The van der Waals surface area contributed by atoms with E-state index in [1.165, 1.54) is 12.1 Å². The van der Waals surface area contributed by atoms with Crippen molar-refractivity contribution in [2.75, 3.05) is 49.1 Å². The minimum Gasteiger partial charge on any atom is -0.444 e. The summed E-state index contributed by atoms with van der Waals surface area (Å²) in [7, 11) is 0. The summed E-state index contributed by atoms with van der Waals surface area (Å²) in [6.45, 7) is 13.4. The zero-order valence-corrected chi connectivity index (χ0v) is 39.2. The number of alkyl halides is 3. The number of aromatic nitrogens is 4. The number of fused-ring (bicyclic) bond motifs is 2. The van der Waals surface area contributed by atoms with E-state index in [1.807, 2.05) is 62.9 Å². The lowest BCUT2D eigenvalue weighted by molar-refractivity contribution is -0.274. The number of anilines is 2. The Labute approximate surface area is 394 Å². The molecule has 3 aliphatic rings. The third-order valence-corrected chi connectivity index (χ3v) is 13.4. The van der Waals surface area contributed by atoms with Gasteiger partial charge in [0.1, 0.15) is 34.8 Å². The highest BCUT2D eigenvalue weighted by Crippen LogP contribution is 2.43. The van der Waals surface area contributed by atoms with Gasteiger partial charge in [0, 0.05) is 63.1 Å². The third-order valence-electron chi connectivity index (χ3n) is 13.2. The highest BCUT2D eigenvalue weighted by molar-refractivity contribution is 6.30. The number of ether oxygens (including phenoxy) is 2. The van der Waals surface area contributed by atoms with Gasteiger partial charge in [-0.2, -0.15) is 0 Å². The molecule has 354 valence electrons. The number of halogens is 4. The van der Waals surface area contributed by atoms with E-state index in [4.69, 9.17) is 16.3 Å². The minimum absolute atomic E-state index is 0.174. The van der Waals surface area contributed by atoms with Gasteiger partial charge in [0.05, 0.1) is 16.2 Å². The van der Waals surface area contributed by atoms with Crippen LogP contribution in [0.15, 0.2) is 97.5 Å². The zero-order chi connectivity index (χ0) is 47.3. The van der Waals surface area contributed by atoms with Crippen molar-refractivity contribution in [2.24, 2.45) is 5.41 Å². The van der Waals surface area contributed by atoms with Crippen LogP contribution in [0.1, 0.15) is 99.4 Å². The summed E-state index contributed by atoms with van der Waals surface area (Å²) in [5.41, 5.74) is 5.91. The van der Waals surface area contributed by atoms with Crippen LogP contribution in [0.2, 0.25) is 5.02 Å². The molecule has 6 heterocycles. The Morgan fingerprint density at radius 2 is 1.49 bits per heavy atom. The van der Waals surface area contributed by atoms with Crippen LogP contribution in [0.5, 0.6) is 5.75 Å². The molecule has 0 atom stereocenters. The number of pyridine rings is 1. The average molecular weight is 940 g/mol. The maximum Gasteiger partial charge on any atom is 0.573 e. The summed E-state index contributed by atoms with van der Waals surface area (Å²) >= 11 is 6.14. The normalized spacial score (nSPS) is 16.7. The molecule has 0 saturated carbocycles. The Morgan fingerprint density at radius 3 is 2.15 bits per heavy atom. The van der Waals surface area contributed by atoms with Crippen LogP contribution >= 0.6 is 11.6 Å². The minimum atomic E-state index is -4.68. The van der Waals surface area contributed by atoms with Crippen molar-refractivity contribution in [2.45, 2.75) is 97.1 Å². The summed E-state index contributed by atoms with van der Waals surface area (Å²) in [5.74, 6) is 0.935. The number of carbonyl (C=O) groups is 2. The molecule has 3 saturated heterocycles. The first kappa shape index (κ1) is 47.4. The molecule has 0 unspecified atom stereocenters. The van der Waals surface area contributed by atoms with Gasteiger partial charge >= 0.3 is 12.5 Å². The van der Waals surface area contributed by atoms with E-state index in [1.54, 1.807) is 41.2 Å². The number of hydrogen-bond donors (Lipinski definition) is 1. The van der Waals surface area contributed by atoms with E-state index in [-0.39, 0.29) is 23.7 Å². The molecule has 67 heavy (non-hydrogen) atoms. The van der Waals surface area contributed by atoms with E-state index < -0.39 is 12.0 Å². The Balaban J connectivity index is 0.000000192. The largest absolute Gasteiger partial charge is 0.573 e. The second kappa shape index (κ2) is 20.0. The maximum atomic E-state index is 13.0. The molecule has 9 rings (SSSR count). The molecule has 2 amide bonds. The first-order valence-electron chi connectivity index (χ1n) is 23.1. The molecule has 12 nitrogen and oxygen atoms in total. The molecule has 0 aliphatic carbocycles. The second-order valence-electron chi connectivity index (χ2n) is 18.7. The number of nitrogens with zero attached hydrogens (tertiary/aromatic N) is 7. The number of carbonyl (C=O) groups excluding carboxylic acids is 2. The van der Waals surface area contributed by atoms with Crippen LogP contribution in [0.3, 0.4) is 0 Å². The number of nitrogens with one attached hydrogen (secondary N) is 1. The van der Waals surface area contributed by atoms with E-state index in [0.29, 0.717) is 34.7 Å². The predicted molar refractivity (Wildman–Crippen MR) is 255 cm³/mol. The molecule has 0 radical (unpaired) electrons. The third kappa shape index (κ3) is 11.7. The number of likely N-dealkylation sites (tertiary alicyclic amines) is 1. The van der Waals surface area contributed by atoms with Crippen molar-refractivity contribution in [1.29, 1.82) is 0 Å². The number of para-hydroxylation sites is 1. The number of amides is 2. The molecule has 3 aliphatic heterocycles. The summed E-state index contributed by atoms with van der Waals surface area (Å²) < 4.78 is 48.4. The molecule has 3 fully saturated rings. The van der Waals surface area contributed by atoms with Crippen molar-refractivity contribution < 1.29 is 32.2 Å². The lowest BCUT2D eigenvalue weighted by Gasteiger charge is -2.47. The summed E-state index contributed by atoms with van der Waals surface area (Å²) in [4.78, 5) is 45.5. The smallest absolute Gasteiger partial charge is 0.444 e. The van der Waals surface area contributed by atoms with Crippen molar-refractivity contribution in [3.8, 4) is 5.75 Å². The number of aryl methyl sites for hydroxylation is 1. The molecule has 6 aromatic rings. The van der Waals surface area contributed by atoms with Gasteiger partial charge in [-0.25, -0.2) is 19.7 Å². The van der Waals surface area contributed by atoms with Gasteiger partial charge in [-0.1, -0.05) is 54.9 Å². The predicted octanol–water partition coefficient (Wildman–Crippen LogP) is 11.0. The number of piperidine rings is 3. The van der Waals surface area contributed by atoms with Crippen molar-refractivity contribution in [1.82, 2.24) is 29.6 Å². The molecular weight excluding hydrogens is 881 g/mol. The lowest BCUT2D eigenvalue weighted by atomic mass is 9.71. The maximum absolute atomic E-state index is 13.0. The Bertz CT molecular complexity index is 2640. The Kier molecular flexibility index (Phi) is 14.2. The summed E-state index contributed by atoms with van der Waals surface area (Å²) in [6.07, 6.45) is 5.36. The molecule has 3 aromatic carbocycles. The van der Waals surface area contributed by atoms with Crippen LogP contribution in [-0.2, 0) is 17.7 Å². The number of benzene rings is 3. The van der Waals surface area contributed by atoms with Gasteiger partial charge in [-0.15, -0.1) is 13.2 Å². The van der Waals surface area contributed by atoms with Crippen LogP contribution in [0.4, 0.5) is 29.5 Å². The van der Waals surface area contributed by atoms with Crippen molar-refractivity contribution in [3.05, 3.63) is 125 Å². The summed E-state index contributed by atoms with van der Waals surface area (Å²) in [6, 6.07) is 26.1. The second-order valence-corrected chi connectivity index (χ2v) is 19.2. The van der Waals surface area contributed by atoms with Gasteiger partial charge < -0.3 is 29.5 Å². The molecule has 16 heteroatoms. The van der Waals surface area contributed by atoms with E-state index in [0.717, 1.165) is 117 Å². The van der Waals surface area contributed by atoms with E-state index in [2.05, 4.69) is 53.0 Å². The Morgan fingerprint density at radius 1 is 0.821 bits per heavy atom. The van der Waals surface area contributed by atoms with Gasteiger partial charge in [-0.05, 0) is 137 Å². The van der Waals surface area contributed by atoms with Crippen molar-refractivity contribution >= 4 is 51.7 Å². The quantitative estimate of drug-likeness (QED) is 0.159. The van der Waals surface area contributed by atoms with Gasteiger partial charge in [0.15, 0.2) is 0 Å². The zero-order valence-electron chi connectivity index (χ0n) is 38.5. The van der Waals surface area contributed by atoms with Crippen molar-refractivity contribution in [3.63, 3.8) is 0 Å². The monoisotopic (exact) mass is 938 g/mol. The molecule has 3 aromatic heterocycles. The van der Waals surface area contributed by atoms with Crippen LogP contribution in [-0.4, -0.2) is 87.5 Å². The lowest BCUT2D eigenvalue weighted by Crippen LogP contribution is -2.49. The fourth-order valence-electron chi connectivity index (χ4n) is 9.48. The van der Waals surface area contributed by atoms with E-state index in [9.17, 15) is 22.8 Å². The molecular formula is C51H58ClF3N8O4. The average Bonchev–Trinajstić information content (AvgIpc) is 3.69.